The minimum atomic E-state index is -0.381. The average molecular weight is 271 g/mol. The Kier molecular flexibility index (Phi) is 2.42. The van der Waals surface area contributed by atoms with Crippen molar-refractivity contribution >= 4 is 5.91 Å². The highest BCUT2D eigenvalue weighted by atomic mass is 19.1. The minimum Gasteiger partial charge on any atom is -0.356 e. The predicted octanol–water partition coefficient (Wildman–Crippen LogP) is 2.80. The van der Waals surface area contributed by atoms with Crippen LogP contribution in [0.5, 0.6) is 0 Å². The number of aromatic amines is 1. The Labute approximate surface area is 115 Å². The number of fused-ring (bicyclic) bond motifs is 1. The lowest BCUT2D eigenvalue weighted by Gasteiger charge is -2.31. The van der Waals surface area contributed by atoms with Crippen molar-refractivity contribution in [3.8, 4) is 11.3 Å². The molecule has 0 aromatic carbocycles. The van der Waals surface area contributed by atoms with Crippen molar-refractivity contribution in [3.63, 3.8) is 0 Å². The third-order valence-electron chi connectivity index (χ3n) is 4.37. The third kappa shape index (κ3) is 1.59. The van der Waals surface area contributed by atoms with E-state index in [2.05, 4.69) is 15.3 Å². The monoisotopic (exact) mass is 271 g/mol. The van der Waals surface area contributed by atoms with Crippen LogP contribution < -0.4 is 5.32 Å². The summed E-state index contributed by atoms with van der Waals surface area (Å²) >= 11 is 0. The molecule has 1 unspecified atom stereocenters. The Bertz CT molecular complexity index is 690. The van der Waals surface area contributed by atoms with Crippen LogP contribution >= 0.6 is 0 Å². The number of halogens is 1. The van der Waals surface area contributed by atoms with Crippen LogP contribution in [-0.4, -0.2) is 15.9 Å². The van der Waals surface area contributed by atoms with E-state index in [9.17, 15) is 9.18 Å². The molecule has 2 aromatic heterocycles. The number of rotatable bonds is 2. The molecule has 102 valence electrons. The van der Waals surface area contributed by atoms with Crippen molar-refractivity contribution in [3.05, 3.63) is 41.6 Å². The van der Waals surface area contributed by atoms with Crippen molar-refractivity contribution < 1.29 is 9.18 Å². The molecule has 2 N–H and O–H groups in total. The van der Waals surface area contributed by atoms with Gasteiger partial charge < -0.3 is 10.3 Å². The summed E-state index contributed by atoms with van der Waals surface area (Å²) in [6.45, 7) is 0. The lowest BCUT2D eigenvalue weighted by Crippen LogP contribution is -2.30. The lowest BCUT2D eigenvalue weighted by atomic mass is 9.79. The second kappa shape index (κ2) is 4.16. The predicted molar refractivity (Wildman–Crippen MR) is 71.5 cm³/mol. The third-order valence-corrected chi connectivity index (χ3v) is 4.37. The fourth-order valence-corrected chi connectivity index (χ4v) is 3.06. The number of carbonyl (C=O) groups is 1. The van der Waals surface area contributed by atoms with E-state index >= 15 is 0 Å². The molecular formula is C15H14FN3O. The van der Waals surface area contributed by atoms with Gasteiger partial charge in [0.05, 0.1) is 23.5 Å². The summed E-state index contributed by atoms with van der Waals surface area (Å²) in [6.07, 6.45) is 6.24. The summed E-state index contributed by atoms with van der Waals surface area (Å²) in [6, 6.07) is 3.42. The van der Waals surface area contributed by atoms with Gasteiger partial charge in [0.2, 0.25) is 0 Å². The van der Waals surface area contributed by atoms with E-state index in [1.165, 1.54) is 12.6 Å². The van der Waals surface area contributed by atoms with E-state index < -0.39 is 0 Å². The highest BCUT2D eigenvalue weighted by Gasteiger charge is 2.38. The summed E-state index contributed by atoms with van der Waals surface area (Å²) in [7, 11) is 0. The topological polar surface area (TPSA) is 57.8 Å². The summed E-state index contributed by atoms with van der Waals surface area (Å²) < 4.78 is 13.8. The van der Waals surface area contributed by atoms with Crippen molar-refractivity contribution in [1.29, 1.82) is 0 Å². The van der Waals surface area contributed by atoms with Gasteiger partial charge in [0.1, 0.15) is 0 Å². The number of aromatic nitrogens is 2. The molecule has 3 heterocycles. The number of hydrogen-bond acceptors (Lipinski definition) is 2. The zero-order valence-electron chi connectivity index (χ0n) is 10.8. The fourth-order valence-electron chi connectivity index (χ4n) is 3.06. The van der Waals surface area contributed by atoms with Gasteiger partial charge >= 0.3 is 0 Å². The molecule has 0 radical (unpaired) electrons. The van der Waals surface area contributed by atoms with Crippen LogP contribution in [0.4, 0.5) is 4.39 Å². The molecule has 2 aromatic rings. The first-order valence-electron chi connectivity index (χ1n) is 6.87. The second-order valence-electron chi connectivity index (χ2n) is 5.51. The minimum absolute atomic E-state index is 0.0601. The molecule has 1 aliphatic carbocycles. The largest absolute Gasteiger partial charge is 0.356 e. The van der Waals surface area contributed by atoms with Crippen LogP contribution in [0, 0.1) is 11.7 Å². The zero-order chi connectivity index (χ0) is 13.7. The molecule has 0 bridgehead atoms. The van der Waals surface area contributed by atoms with Crippen LogP contribution in [-0.2, 0) is 0 Å². The molecule has 1 fully saturated rings. The van der Waals surface area contributed by atoms with Crippen LogP contribution in [0.25, 0.3) is 11.3 Å². The summed E-state index contributed by atoms with van der Waals surface area (Å²) in [5, 5.41) is 3.02. The second-order valence-corrected chi connectivity index (χ2v) is 5.51. The number of amides is 1. The van der Waals surface area contributed by atoms with E-state index in [0.29, 0.717) is 22.7 Å². The first-order chi connectivity index (χ1) is 9.74. The highest BCUT2D eigenvalue weighted by molar-refractivity contribution is 6.00. The van der Waals surface area contributed by atoms with E-state index in [1.807, 2.05) is 0 Å². The molecule has 1 aliphatic heterocycles. The lowest BCUT2D eigenvalue weighted by molar-refractivity contribution is 0.0931. The van der Waals surface area contributed by atoms with E-state index in [4.69, 9.17) is 0 Å². The van der Waals surface area contributed by atoms with Crippen molar-refractivity contribution in [2.45, 2.75) is 25.3 Å². The summed E-state index contributed by atoms with van der Waals surface area (Å²) in [4.78, 5) is 19.0. The first kappa shape index (κ1) is 11.6. The Morgan fingerprint density at radius 2 is 2.15 bits per heavy atom. The normalized spacial score (nSPS) is 21.4. The maximum Gasteiger partial charge on any atom is 0.253 e. The molecule has 20 heavy (non-hydrogen) atoms. The van der Waals surface area contributed by atoms with Gasteiger partial charge in [0, 0.05) is 17.5 Å². The van der Waals surface area contributed by atoms with Gasteiger partial charge in [-0.15, -0.1) is 0 Å². The Hall–Kier alpha value is -2.17. The molecule has 0 spiro atoms. The molecule has 5 heteroatoms. The maximum absolute atomic E-state index is 13.8. The number of carbonyl (C=O) groups excluding carboxylic acids is 1. The smallest absolute Gasteiger partial charge is 0.253 e. The molecule has 2 aliphatic rings. The number of nitrogens with zero attached hydrogens (tertiary/aromatic N) is 1. The Morgan fingerprint density at radius 3 is 2.85 bits per heavy atom. The molecule has 0 saturated heterocycles. The van der Waals surface area contributed by atoms with Gasteiger partial charge in [-0.2, -0.15) is 0 Å². The van der Waals surface area contributed by atoms with Crippen molar-refractivity contribution in [1.82, 2.24) is 15.3 Å². The van der Waals surface area contributed by atoms with Gasteiger partial charge in [-0.05, 0) is 30.9 Å². The van der Waals surface area contributed by atoms with Gasteiger partial charge in [0.15, 0.2) is 5.82 Å². The van der Waals surface area contributed by atoms with Gasteiger partial charge in [-0.25, -0.2) is 4.39 Å². The Balaban J connectivity index is 1.77. The Morgan fingerprint density at radius 1 is 1.30 bits per heavy atom. The standard InChI is InChI=1S/C15H14FN3O/c16-11-7-17-5-4-9(11)12-6-10-14(18-12)13(19-15(10)20)8-2-1-3-8/h4-8,13,18H,1-3H2,(H,19,20). The number of pyridine rings is 1. The van der Waals surface area contributed by atoms with Gasteiger partial charge in [-0.1, -0.05) is 6.42 Å². The molecule has 1 amide bonds. The number of nitrogens with one attached hydrogen (secondary N) is 2. The highest BCUT2D eigenvalue weighted by Crippen LogP contribution is 2.42. The zero-order valence-corrected chi connectivity index (χ0v) is 10.8. The number of H-pyrrole nitrogens is 1. The van der Waals surface area contributed by atoms with Gasteiger partial charge in [0.25, 0.3) is 5.91 Å². The van der Waals surface area contributed by atoms with Crippen LogP contribution in [0.2, 0.25) is 0 Å². The summed E-state index contributed by atoms with van der Waals surface area (Å²) in [5.41, 5.74) is 2.66. The summed E-state index contributed by atoms with van der Waals surface area (Å²) in [5.74, 6) is 0.0656. The average Bonchev–Trinajstić information content (AvgIpc) is 2.91. The molecule has 4 rings (SSSR count). The van der Waals surface area contributed by atoms with E-state index in [1.54, 1.807) is 18.3 Å². The van der Waals surface area contributed by atoms with Crippen molar-refractivity contribution in [2.75, 3.05) is 0 Å². The van der Waals surface area contributed by atoms with Crippen LogP contribution in [0.3, 0.4) is 0 Å². The quantitative estimate of drug-likeness (QED) is 0.882. The van der Waals surface area contributed by atoms with E-state index in [0.717, 1.165) is 18.5 Å². The fraction of sp³-hybridized carbons (Fsp3) is 0.333. The molecule has 1 atom stereocenters. The molecule has 1 saturated carbocycles. The maximum atomic E-state index is 13.8. The molecular weight excluding hydrogens is 257 g/mol. The van der Waals surface area contributed by atoms with Gasteiger partial charge in [-0.3, -0.25) is 9.78 Å². The first-order valence-corrected chi connectivity index (χ1v) is 6.87. The number of hydrogen-bond donors (Lipinski definition) is 2. The van der Waals surface area contributed by atoms with Crippen molar-refractivity contribution in [2.24, 2.45) is 5.92 Å². The molecule has 4 nitrogen and oxygen atoms in total. The van der Waals surface area contributed by atoms with Crippen LogP contribution in [0.1, 0.15) is 41.4 Å². The van der Waals surface area contributed by atoms with Crippen LogP contribution in [0.15, 0.2) is 24.5 Å². The SMILES string of the molecule is O=C1NC(C2CCC2)c2[nH]c(-c3ccncc3F)cc21. The van der Waals surface area contributed by atoms with E-state index in [-0.39, 0.29) is 17.8 Å².